The quantitative estimate of drug-likeness (QED) is 0.375. The first-order chi connectivity index (χ1) is 14.4. The van der Waals surface area contributed by atoms with Crippen LogP contribution in [0.15, 0.2) is 53.7 Å². The van der Waals surface area contributed by atoms with E-state index < -0.39 is 17.9 Å². The Hall–Kier alpha value is -2.13. The van der Waals surface area contributed by atoms with Gasteiger partial charge in [-0.3, -0.25) is 10.7 Å². The topological polar surface area (TPSA) is 58.9 Å². The Morgan fingerprint density at radius 1 is 1.10 bits per heavy atom. The Morgan fingerprint density at radius 2 is 1.77 bits per heavy atom. The predicted octanol–water partition coefficient (Wildman–Crippen LogP) is 3.80. The van der Waals surface area contributed by atoms with Crippen LogP contribution in [-0.4, -0.2) is 37.7 Å². The Bertz CT molecular complexity index is 930. The molecule has 30 heavy (non-hydrogen) atoms. The molecule has 0 fully saturated rings. The third kappa shape index (κ3) is 5.31. The van der Waals surface area contributed by atoms with E-state index in [2.05, 4.69) is 0 Å². The average molecular weight is 438 g/mol. The molecule has 0 saturated heterocycles. The van der Waals surface area contributed by atoms with Crippen LogP contribution >= 0.6 is 11.8 Å². The third-order valence-corrected chi connectivity index (χ3v) is 6.14. The third-order valence-electron chi connectivity index (χ3n) is 5.01. The zero-order valence-electron chi connectivity index (χ0n) is 16.8. The summed E-state index contributed by atoms with van der Waals surface area (Å²) in [6.45, 7) is 0. The molecule has 0 aromatic heterocycles. The van der Waals surface area contributed by atoms with Crippen molar-refractivity contribution in [1.82, 2.24) is 0 Å². The highest BCUT2D eigenvalue weighted by Crippen LogP contribution is 2.30. The molecule has 1 unspecified atom stereocenters. The van der Waals surface area contributed by atoms with Crippen molar-refractivity contribution in [3.63, 3.8) is 0 Å². The molecule has 3 rings (SSSR count). The number of rotatable bonds is 8. The molecule has 4 nitrogen and oxygen atoms in total. The van der Waals surface area contributed by atoms with Crippen LogP contribution in [0.2, 0.25) is 0 Å². The monoisotopic (exact) mass is 437 g/mol. The highest BCUT2D eigenvalue weighted by molar-refractivity contribution is 7.99. The predicted molar refractivity (Wildman–Crippen MR) is 111 cm³/mol. The number of hydrogen-bond donors (Lipinski definition) is 2. The minimum Gasteiger partial charge on any atom is -0.350 e. The number of nitrogens with one attached hydrogen (secondary N) is 1. The van der Waals surface area contributed by atoms with Gasteiger partial charge in [-0.1, -0.05) is 12.1 Å². The molecule has 1 aliphatic heterocycles. The van der Waals surface area contributed by atoms with Crippen LogP contribution in [0.1, 0.15) is 5.56 Å². The smallest absolute Gasteiger partial charge is 0.200 e. The molecule has 3 N–H and O–H groups in total. The van der Waals surface area contributed by atoms with Crippen LogP contribution in [0.3, 0.4) is 0 Å². The van der Waals surface area contributed by atoms with Gasteiger partial charge in [-0.2, -0.15) is 11.8 Å². The lowest BCUT2D eigenvalue weighted by atomic mass is 9.92. The molecule has 0 saturated carbocycles. The van der Waals surface area contributed by atoms with Gasteiger partial charge in [0.05, 0.1) is 5.71 Å². The van der Waals surface area contributed by atoms with Crippen molar-refractivity contribution in [2.24, 2.45) is 5.92 Å². The lowest BCUT2D eigenvalue weighted by Crippen LogP contribution is -2.79. The summed E-state index contributed by atoms with van der Waals surface area (Å²) in [6.07, 6.45) is -0.241. The largest absolute Gasteiger partial charge is 0.350 e. The highest BCUT2D eigenvalue weighted by atomic mass is 32.2. The maximum Gasteiger partial charge on any atom is 0.200 e. The summed E-state index contributed by atoms with van der Waals surface area (Å²) in [5.41, 5.74) is 2.85. The molecular weight excluding hydrogens is 413 g/mol. The van der Waals surface area contributed by atoms with Crippen LogP contribution in [-0.2, 0) is 15.9 Å². The summed E-state index contributed by atoms with van der Waals surface area (Å²) >= 11 is 1.66. The van der Waals surface area contributed by atoms with E-state index in [1.54, 1.807) is 29.2 Å². The molecule has 1 atom stereocenters. The van der Waals surface area contributed by atoms with Gasteiger partial charge in [-0.15, -0.1) is 0 Å². The van der Waals surface area contributed by atoms with Crippen molar-refractivity contribution >= 4 is 23.2 Å². The minimum absolute atomic E-state index is 0.0385. The fraction of sp³-hybridized carbons (Fsp3) is 0.318. The first kappa shape index (κ1) is 22.6. The van der Waals surface area contributed by atoms with Gasteiger partial charge in [-0.05, 0) is 30.2 Å². The second kappa shape index (κ2) is 10.3. The summed E-state index contributed by atoms with van der Waals surface area (Å²) in [5, 5.41) is 10.3. The Balaban J connectivity index is 2.00. The standard InChI is InChI=1S/C22H23F3N2O2S/c1-28-22(29-2)20(26)17-12-30-11-14(9-13-3-5-15(23)6-4-13)21(17)27-19-8-7-16(24)10-18(19)25/h3-8,10,14,22,26-27H,9,11-12H2,1-2H3/p+1. The molecule has 0 bridgehead atoms. The van der Waals surface area contributed by atoms with Crippen LogP contribution in [0.5, 0.6) is 0 Å². The van der Waals surface area contributed by atoms with Gasteiger partial charge < -0.3 is 9.47 Å². The summed E-state index contributed by atoms with van der Waals surface area (Å²) < 4.78 is 51.5. The molecule has 2 aromatic carbocycles. The number of halogens is 3. The Labute approximate surface area is 178 Å². The van der Waals surface area contributed by atoms with Gasteiger partial charge in [0.15, 0.2) is 17.8 Å². The summed E-state index contributed by atoms with van der Waals surface area (Å²) in [6, 6.07) is 9.71. The SMILES string of the molecule is COC(OC)C(=N)C1=C([NH2+]c2ccc(F)cc2F)C(Cc2ccc(F)cc2)CSC1. The van der Waals surface area contributed by atoms with E-state index in [1.165, 1.54) is 38.5 Å². The molecule has 1 aliphatic rings. The van der Waals surface area contributed by atoms with Gasteiger partial charge in [0.25, 0.3) is 0 Å². The highest BCUT2D eigenvalue weighted by Gasteiger charge is 2.33. The van der Waals surface area contributed by atoms with Crippen LogP contribution in [0.25, 0.3) is 0 Å². The lowest BCUT2D eigenvalue weighted by molar-refractivity contribution is -0.527. The van der Waals surface area contributed by atoms with Crippen LogP contribution in [0.4, 0.5) is 18.9 Å². The minimum atomic E-state index is -0.841. The maximum atomic E-state index is 14.4. The van der Waals surface area contributed by atoms with Crippen molar-refractivity contribution in [2.45, 2.75) is 12.7 Å². The van der Waals surface area contributed by atoms with Crippen molar-refractivity contribution in [2.75, 3.05) is 25.7 Å². The maximum absolute atomic E-state index is 14.4. The average Bonchev–Trinajstić information content (AvgIpc) is 2.73. The molecule has 0 aliphatic carbocycles. The number of nitrogens with two attached hydrogens (primary N) is 1. The molecule has 1 heterocycles. The fourth-order valence-electron chi connectivity index (χ4n) is 3.50. The Kier molecular flexibility index (Phi) is 7.71. The van der Waals surface area contributed by atoms with Gasteiger partial charge in [-0.25, -0.2) is 13.2 Å². The number of hydrogen-bond acceptors (Lipinski definition) is 4. The van der Waals surface area contributed by atoms with E-state index in [0.717, 1.165) is 23.1 Å². The molecule has 0 radical (unpaired) electrons. The van der Waals surface area contributed by atoms with E-state index in [0.29, 0.717) is 17.7 Å². The number of benzene rings is 2. The molecule has 160 valence electrons. The lowest BCUT2D eigenvalue weighted by Gasteiger charge is -2.28. The van der Waals surface area contributed by atoms with Crippen molar-refractivity contribution in [3.8, 4) is 0 Å². The Morgan fingerprint density at radius 3 is 2.40 bits per heavy atom. The summed E-state index contributed by atoms with van der Waals surface area (Å²) in [5.74, 6) is -0.347. The van der Waals surface area contributed by atoms with Gasteiger partial charge in [0.2, 0.25) is 0 Å². The van der Waals surface area contributed by atoms with Crippen molar-refractivity contribution in [1.29, 1.82) is 5.41 Å². The number of thioether (sulfide) groups is 1. The normalized spacial score (nSPS) is 16.9. The van der Waals surface area contributed by atoms with E-state index >= 15 is 0 Å². The molecule has 2 aromatic rings. The van der Waals surface area contributed by atoms with E-state index in [9.17, 15) is 13.2 Å². The zero-order chi connectivity index (χ0) is 21.7. The van der Waals surface area contributed by atoms with Crippen LogP contribution in [0, 0.1) is 28.8 Å². The van der Waals surface area contributed by atoms with Gasteiger partial charge in [0, 0.05) is 49.3 Å². The molecular formula is C22H24F3N2O2S+. The first-order valence-corrected chi connectivity index (χ1v) is 10.6. The number of methoxy groups -OCH3 is 2. The van der Waals surface area contributed by atoms with Crippen LogP contribution < -0.4 is 5.32 Å². The van der Waals surface area contributed by atoms with E-state index in [4.69, 9.17) is 14.9 Å². The molecule has 0 amide bonds. The number of quaternary nitrogens is 1. The van der Waals surface area contributed by atoms with Crippen molar-refractivity contribution in [3.05, 3.63) is 76.7 Å². The van der Waals surface area contributed by atoms with Gasteiger partial charge >= 0.3 is 0 Å². The summed E-state index contributed by atoms with van der Waals surface area (Å²) in [7, 11) is 2.91. The van der Waals surface area contributed by atoms with Gasteiger partial charge in [0.1, 0.15) is 17.3 Å². The fourth-order valence-corrected chi connectivity index (χ4v) is 4.72. The number of allylic oxidation sites excluding steroid dienone is 1. The first-order valence-electron chi connectivity index (χ1n) is 9.42. The second-order valence-electron chi connectivity index (χ2n) is 7.00. The second-order valence-corrected chi connectivity index (χ2v) is 8.03. The zero-order valence-corrected chi connectivity index (χ0v) is 17.6. The van der Waals surface area contributed by atoms with E-state index in [-0.39, 0.29) is 23.1 Å². The molecule has 8 heteroatoms. The van der Waals surface area contributed by atoms with E-state index in [1.807, 2.05) is 0 Å². The van der Waals surface area contributed by atoms with Crippen molar-refractivity contribution < 1.29 is 28.0 Å². The summed E-state index contributed by atoms with van der Waals surface area (Å²) in [4.78, 5) is 0. The molecule has 0 spiro atoms. The number of ether oxygens (including phenoxy) is 2.